The molecule has 0 bridgehead atoms. The largest absolute Gasteiger partial charge is 0.417 e. The van der Waals surface area contributed by atoms with Crippen molar-refractivity contribution in [1.29, 1.82) is 0 Å². The summed E-state index contributed by atoms with van der Waals surface area (Å²) < 4.78 is 48.3. The van der Waals surface area contributed by atoms with E-state index in [9.17, 15) is 18.0 Å². The number of aromatic nitrogens is 1. The topological polar surface area (TPSA) is 34.5 Å². The summed E-state index contributed by atoms with van der Waals surface area (Å²) in [4.78, 5) is 14.8. The third-order valence-corrected chi connectivity index (χ3v) is 5.18. The van der Waals surface area contributed by atoms with Crippen LogP contribution in [0.2, 0.25) is 0 Å². The summed E-state index contributed by atoms with van der Waals surface area (Å²) in [5.41, 5.74) is -0.378. The van der Waals surface area contributed by atoms with Crippen LogP contribution in [-0.2, 0) is 24.4 Å². The van der Waals surface area contributed by atoms with Gasteiger partial charge in [0.15, 0.2) is 0 Å². The first-order valence-electron chi connectivity index (χ1n) is 9.23. The summed E-state index contributed by atoms with van der Waals surface area (Å²) >= 11 is 0. The van der Waals surface area contributed by atoms with Gasteiger partial charge in [0.1, 0.15) is 0 Å². The molecular formula is C20H25F3N2O2. The average Bonchev–Trinajstić information content (AvgIpc) is 2.62. The van der Waals surface area contributed by atoms with Crippen LogP contribution < -0.4 is 5.56 Å². The fourth-order valence-electron chi connectivity index (χ4n) is 3.73. The number of fused-ring (bicyclic) bond motifs is 1. The van der Waals surface area contributed by atoms with Gasteiger partial charge in [-0.3, -0.25) is 9.69 Å². The molecule has 4 nitrogen and oxygen atoms in total. The zero-order chi connectivity index (χ0) is 19.8. The molecule has 0 unspecified atom stereocenters. The van der Waals surface area contributed by atoms with Gasteiger partial charge in [-0.15, -0.1) is 0 Å². The van der Waals surface area contributed by atoms with Crippen LogP contribution in [0.5, 0.6) is 0 Å². The predicted octanol–water partition coefficient (Wildman–Crippen LogP) is 3.56. The molecule has 1 aliphatic rings. The molecule has 0 N–H and O–H groups in total. The molecule has 7 heteroatoms. The molecule has 0 aliphatic carbocycles. The predicted molar refractivity (Wildman–Crippen MR) is 99.2 cm³/mol. The lowest BCUT2D eigenvalue weighted by atomic mass is 9.93. The van der Waals surface area contributed by atoms with Crippen molar-refractivity contribution in [2.45, 2.75) is 32.4 Å². The number of nitrogens with zero attached hydrogens (tertiary/aromatic N) is 2. The van der Waals surface area contributed by atoms with Crippen molar-refractivity contribution in [3.63, 3.8) is 0 Å². The molecule has 3 rings (SSSR count). The smallest absolute Gasteiger partial charge is 0.379 e. The van der Waals surface area contributed by atoms with E-state index in [1.165, 1.54) is 11.6 Å². The molecule has 1 aliphatic heterocycles. The Morgan fingerprint density at radius 1 is 1.19 bits per heavy atom. The Morgan fingerprint density at radius 2 is 1.85 bits per heavy atom. The Hall–Kier alpha value is -1.86. The highest BCUT2D eigenvalue weighted by Gasteiger charge is 2.38. The van der Waals surface area contributed by atoms with Gasteiger partial charge >= 0.3 is 6.18 Å². The first-order chi connectivity index (χ1) is 12.7. The van der Waals surface area contributed by atoms with Gasteiger partial charge in [-0.05, 0) is 30.0 Å². The molecule has 148 valence electrons. The highest BCUT2D eigenvalue weighted by molar-refractivity contribution is 5.85. The second-order valence-corrected chi connectivity index (χ2v) is 7.36. The van der Waals surface area contributed by atoms with Crippen LogP contribution in [0.15, 0.2) is 23.0 Å². The summed E-state index contributed by atoms with van der Waals surface area (Å²) in [6, 6.07) is 5.05. The van der Waals surface area contributed by atoms with Crippen LogP contribution >= 0.6 is 0 Å². The number of halogens is 3. The number of pyridine rings is 1. The summed E-state index contributed by atoms with van der Waals surface area (Å²) in [7, 11) is 1.53. The van der Waals surface area contributed by atoms with Crippen LogP contribution in [0.1, 0.15) is 36.5 Å². The van der Waals surface area contributed by atoms with Gasteiger partial charge in [-0.25, -0.2) is 0 Å². The van der Waals surface area contributed by atoms with E-state index >= 15 is 0 Å². The van der Waals surface area contributed by atoms with Crippen molar-refractivity contribution in [1.82, 2.24) is 9.47 Å². The second kappa shape index (κ2) is 7.64. The summed E-state index contributed by atoms with van der Waals surface area (Å²) in [5, 5.41) is 0.104. The van der Waals surface area contributed by atoms with Crippen molar-refractivity contribution in [2.75, 3.05) is 32.8 Å². The van der Waals surface area contributed by atoms with E-state index in [-0.39, 0.29) is 10.9 Å². The van der Waals surface area contributed by atoms with Crippen LogP contribution in [0.25, 0.3) is 10.9 Å². The highest BCUT2D eigenvalue weighted by atomic mass is 19.4. The minimum absolute atomic E-state index is 0.104. The Kier molecular flexibility index (Phi) is 5.63. The third kappa shape index (κ3) is 4.04. The number of benzene rings is 1. The zero-order valence-corrected chi connectivity index (χ0v) is 15.9. The van der Waals surface area contributed by atoms with E-state index in [0.29, 0.717) is 25.2 Å². The van der Waals surface area contributed by atoms with Crippen molar-refractivity contribution in [3.8, 4) is 0 Å². The van der Waals surface area contributed by atoms with Gasteiger partial charge < -0.3 is 9.30 Å². The van der Waals surface area contributed by atoms with E-state index < -0.39 is 23.2 Å². The molecule has 1 aromatic carbocycles. The number of hydrogen-bond donors (Lipinski definition) is 0. The second-order valence-electron chi connectivity index (χ2n) is 7.36. The molecule has 1 fully saturated rings. The Balaban J connectivity index is 2.08. The molecule has 2 heterocycles. The van der Waals surface area contributed by atoms with Crippen molar-refractivity contribution < 1.29 is 17.9 Å². The monoisotopic (exact) mass is 382 g/mol. The number of alkyl halides is 3. The van der Waals surface area contributed by atoms with Gasteiger partial charge in [0.2, 0.25) is 0 Å². The molecule has 0 saturated carbocycles. The molecule has 1 saturated heterocycles. The molecule has 2 aromatic rings. The summed E-state index contributed by atoms with van der Waals surface area (Å²) in [6.07, 6.45) is -3.92. The van der Waals surface area contributed by atoms with Crippen molar-refractivity contribution in [2.24, 2.45) is 7.05 Å². The standard InChI is InChI=1S/C20H25F3N2O2/c1-13(2)17-18(20(21,22)23)15-12-14(4-5-16(15)24(3)19(17)26)6-7-25-8-10-27-11-9-25/h4-5,12-13H,6-11H2,1-3H3. The van der Waals surface area contributed by atoms with Gasteiger partial charge in [0.05, 0.1) is 24.3 Å². The number of aryl methyl sites for hydroxylation is 1. The van der Waals surface area contributed by atoms with Crippen molar-refractivity contribution in [3.05, 3.63) is 45.2 Å². The van der Waals surface area contributed by atoms with Crippen LogP contribution in [0.3, 0.4) is 0 Å². The fraction of sp³-hybridized carbons (Fsp3) is 0.550. The lowest BCUT2D eigenvalue weighted by Crippen LogP contribution is -2.37. The number of rotatable bonds is 4. The Morgan fingerprint density at radius 3 is 2.44 bits per heavy atom. The molecule has 0 atom stereocenters. The van der Waals surface area contributed by atoms with E-state index in [1.807, 2.05) is 6.07 Å². The van der Waals surface area contributed by atoms with Gasteiger partial charge in [0, 0.05) is 37.6 Å². The number of ether oxygens (including phenoxy) is 1. The van der Waals surface area contributed by atoms with Gasteiger partial charge in [0.25, 0.3) is 5.56 Å². The first-order valence-corrected chi connectivity index (χ1v) is 9.23. The van der Waals surface area contributed by atoms with Crippen LogP contribution in [-0.4, -0.2) is 42.3 Å². The van der Waals surface area contributed by atoms with Gasteiger partial charge in [-0.1, -0.05) is 19.9 Å². The van der Waals surface area contributed by atoms with Crippen LogP contribution in [0.4, 0.5) is 13.2 Å². The maximum absolute atomic E-state index is 13.9. The Bertz CT molecular complexity index is 881. The highest BCUT2D eigenvalue weighted by Crippen LogP contribution is 2.38. The number of hydrogen-bond acceptors (Lipinski definition) is 3. The lowest BCUT2D eigenvalue weighted by Gasteiger charge is -2.26. The third-order valence-electron chi connectivity index (χ3n) is 5.18. The molecule has 1 aromatic heterocycles. The maximum Gasteiger partial charge on any atom is 0.417 e. The normalized spacial score (nSPS) is 16.4. The molecule has 27 heavy (non-hydrogen) atoms. The summed E-state index contributed by atoms with van der Waals surface area (Å²) in [5.74, 6) is -0.512. The van der Waals surface area contributed by atoms with E-state index in [0.717, 1.165) is 25.2 Å². The quantitative estimate of drug-likeness (QED) is 0.811. The van der Waals surface area contributed by atoms with Gasteiger partial charge in [-0.2, -0.15) is 13.2 Å². The lowest BCUT2D eigenvalue weighted by molar-refractivity contribution is -0.137. The molecule has 0 radical (unpaired) electrons. The zero-order valence-electron chi connectivity index (χ0n) is 15.9. The SMILES string of the molecule is CC(C)c1c(C(F)(F)F)c2cc(CCN3CCOCC3)ccc2n(C)c1=O. The molecular weight excluding hydrogens is 357 g/mol. The summed E-state index contributed by atoms with van der Waals surface area (Å²) in [6.45, 7) is 7.09. The van der Waals surface area contributed by atoms with E-state index in [4.69, 9.17) is 4.74 Å². The van der Waals surface area contributed by atoms with E-state index in [1.54, 1.807) is 26.0 Å². The first kappa shape index (κ1) is 19.9. The van der Waals surface area contributed by atoms with Crippen molar-refractivity contribution >= 4 is 10.9 Å². The maximum atomic E-state index is 13.9. The minimum atomic E-state index is -4.58. The van der Waals surface area contributed by atoms with Crippen LogP contribution in [0, 0.1) is 0 Å². The Labute approximate surface area is 156 Å². The average molecular weight is 382 g/mol. The van der Waals surface area contributed by atoms with E-state index in [2.05, 4.69) is 4.90 Å². The minimum Gasteiger partial charge on any atom is -0.379 e. The number of morpholine rings is 1. The fourth-order valence-corrected chi connectivity index (χ4v) is 3.73. The molecule has 0 amide bonds. The molecule has 0 spiro atoms.